The van der Waals surface area contributed by atoms with E-state index in [2.05, 4.69) is 14.8 Å². The summed E-state index contributed by atoms with van der Waals surface area (Å²) in [6.45, 7) is 0. The standard InChI is InChI=1S/C27H20N2O10S/c1-38-26(32)15-11-16(27(33)39-2)13-17(12-15)28-25(31)22-14-23(20-5-3-4-6-21(20)24(22)30)40(36,37)19-9-7-18(8-10-19)29(34)35/h3-14,30H,1-2H3,(H,28,31). The van der Waals surface area contributed by atoms with Crippen molar-refractivity contribution in [2.75, 3.05) is 19.5 Å². The minimum atomic E-state index is -4.33. The predicted molar refractivity (Wildman–Crippen MR) is 141 cm³/mol. The van der Waals surface area contributed by atoms with E-state index in [1.54, 1.807) is 6.07 Å². The SMILES string of the molecule is COC(=O)c1cc(NC(=O)c2cc(S(=O)(=O)c3ccc([N+](=O)[O-])cc3)c3ccccc3c2O)cc(C(=O)OC)c1. The summed E-state index contributed by atoms with van der Waals surface area (Å²) in [6, 6.07) is 14.8. The number of anilines is 1. The second-order valence-electron chi connectivity index (χ2n) is 8.31. The average Bonchev–Trinajstić information content (AvgIpc) is 2.96. The second-order valence-corrected chi connectivity index (χ2v) is 10.2. The van der Waals surface area contributed by atoms with Crippen LogP contribution in [0.3, 0.4) is 0 Å². The average molecular weight is 565 g/mol. The van der Waals surface area contributed by atoms with E-state index in [9.17, 15) is 38.0 Å². The third-order valence-electron chi connectivity index (χ3n) is 5.90. The van der Waals surface area contributed by atoms with Gasteiger partial charge in [-0.1, -0.05) is 24.3 Å². The molecule has 0 heterocycles. The Labute approximate surface area is 226 Å². The number of nitro groups is 1. The number of aromatic hydroxyl groups is 1. The fourth-order valence-corrected chi connectivity index (χ4v) is 5.45. The summed E-state index contributed by atoms with van der Waals surface area (Å²) in [5.74, 6) is -3.08. The predicted octanol–water partition coefficient (Wildman–Crippen LogP) is 4.11. The number of hydrogen-bond acceptors (Lipinski definition) is 10. The minimum Gasteiger partial charge on any atom is -0.506 e. The molecule has 0 aliphatic rings. The van der Waals surface area contributed by atoms with E-state index in [0.717, 1.165) is 44.6 Å². The Kier molecular flexibility index (Phi) is 7.50. The maximum atomic E-state index is 13.6. The summed E-state index contributed by atoms with van der Waals surface area (Å²) in [4.78, 5) is 47.3. The number of benzene rings is 4. The molecule has 1 amide bonds. The topological polar surface area (TPSA) is 179 Å². The molecule has 40 heavy (non-hydrogen) atoms. The van der Waals surface area contributed by atoms with Crippen LogP contribution in [0.1, 0.15) is 31.1 Å². The zero-order valence-electron chi connectivity index (χ0n) is 20.9. The molecular formula is C27H20N2O10S. The van der Waals surface area contributed by atoms with Crippen molar-refractivity contribution < 1.29 is 42.3 Å². The lowest BCUT2D eigenvalue weighted by Gasteiger charge is -2.14. The molecule has 204 valence electrons. The quantitative estimate of drug-likeness (QED) is 0.188. The van der Waals surface area contributed by atoms with Crippen LogP contribution in [0.25, 0.3) is 10.8 Å². The molecule has 0 atom stereocenters. The summed E-state index contributed by atoms with van der Waals surface area (Å²) in [5.41, 5.74) is -0.937. The van der Waals surface area contributed by atoms with Crippen molar-refractivity contribution in [3.63, 3.8) is 0 Å². The maximum absolute atomic E-state index is 13.6. The van der Waals surface area contributed by atoms with E-state index in [1.807, 2.05) is 0 Å². The molecule has 4 aromatic rings. The number of amides is 1. The number of sulfone groups is 1. The number of carbonyl (C=O) groups is 3. The van der Waals surface area contributed by atoms with Crippen LogP contribution in [0.2, 0.25) is 0 Å². The number of methoxy groups -OCH3 is 2. The molecule has 4 aromatic carbocycles. The first-order valence-corrected chi connectivity index (χ1v) is 12.8. The van der Waals surface area contributed by atoms with Crippen molar-refractivity contribution in [1.29, 1.82) is 0 Å². The lowest BCUT2D eigenvalue weighted by molar-refractivity contribution is -0.384. The lowest BCUT2D eigenvalue weighted by atomic mass is 10.0. The van der Waals surface area contributed by atoms with Gasteiger partial charge in [-0.3, -0.25) is 14.9 Å². The van der Waals surface area contributed by atoms with Crippen molar-refractivity contribution in [3.05, 3.63) is 99.6 Å². The summed E-state index contributed by atoms with van der Waals surface area (Å²) in [7, 11) is -2.07. The van der Waals surface area contributed by atoms with E-state index < -0.39 is 43.9 Å². The van der Waals surface area contributed by atoms with Crippen LogP contribution < -0.4 is 5.32 Å². The van der Waals surface area contributed by atoms with Gasteiger partial charge in [-0.25, -0.2) is 18.0 Å². The van der Waals surface area contributed by atoms with Crippen molar-refractivity contribution in [3.8, 4) is 5.75 Å². The molecule has 4 rings (SSSR count). The Hall–Kier alpha value is -5.30. The van der Waals surface area contributed by atoms with Gasteiger partial charge in [-0.05, 0) is 36.4 Å². The van der Waals surface area contributed by atoms with Gasteiger partial charge in [-0.2, -0.15) is 0 Å². The van der Waals surface area contributed by atoms with E-state index in [4.69, 9.17) is 0 Å². The number of phenolic OH excluding ortho intramolecular Hbond substituents is 1. The number of esters is 2. The number of nitrogens with zero attached hydrogens (tertiary/aromatic N) is 1. The van der Waals surface area contributed by atoms with E-state index in [-0.39, 0.29) is 43.1 Å². The third kappa shape index (κ3) is 5.17. The Bertz CT molecular complexity index is 1760. The summed E-state index contributed by atoms with van der Waals surface area (Å²) >= 11 is 0. The lowest BCUT2D eigenvalue weighted by Crippen LogP contribution is -2.15. The molecule has 13 heteroatoms. The maximum Gasteiger partial charge on any atom is 0.337 e. The molecule has 0 fully saturated rings. The zero-order chi connectivity index (χ0) is 29.2. The number of nitrogens with one attached hydrogen (secondary N) is 1. The van der Waals surface area contributed by atoms with Gasteiger partial charge in [0.15, 0.2) is 0 Å². The molecule has 0 saturated carbocycles. The Morgan fingerprint density at radius 2 is 1.40 bits per heavy atom. The molecule has 0 aliphatic heterocycles. The molecule has 0 aromatic heterocycles. The number of hydrogen-bond donors (Lipinski definition) is 2. The van der Waals surface area contributed by atoms with Gasteiger partial charge in [0.25, 0.3) is 11.6 Å². The van der Waals surface area contributed by atoms with Gasteiger partial charge in [0, 0.05) is 28.6 Å². The number of non-ortho nitro benzene ring substituents is 1. The smallest absolute Gasteiger partial charge is 0.337 e. The normalized spacial score (nSPS) is 11.1. The first-order chi connectivity index (χ1) is 19.0. The van der Waals surface area contributed by atoms with Gasteiger partial charge in [0.1, 0.15) is 5.75 Å². The van der Waals surface area contributed by atoms with Crippen LogP contribution in [0.15, 0.2) is 82.6 Å². The number of carbonyl (C=O) groups excluding carboxylic acids is 3. The molecule has 12 nitrogen and oxygen atoms in total. The van der Waals surface area contributed by atoms with Crippen molar-refractivity contribution in [1.82, 2.24) is 0 Å². The number of phenols is 1. The van der Waals surface area contributed by atoms with Gasteiger partial charge >= 0.3 is 11.9 Å². The number of ether oxygens (including phenoxy) is 2. The third-order valence-corrected chi connectivity index (χ3v) is 7.71. The summed E-state index contributed by atoms with van der Waals surface area (Å²) in [6.07, 6.45) is 0. The number of rotatable bonds is 7. The van der Waals surface area contributed by atoms with E-state index >= 15 is 0 Å². The molecule has 0 radical (unpaired) electrons. The first-order valence-electron chi connectivity index (χ1n) is 11.3. The molecular weight excluding hydrogens is 544 g/mol. The van der Waals surface area contributed by atoms with Crippen molar-refractivity contribution in [2.45, 2.75) is 9.79 Å². The Morgan fingerprint density at radius 1 is 0.850 bits per heavy atom. The second kappa shape index (κ2) is 10.8. The largest absolute Gasteiger partial charge is 0.506 e. The van der Waals surface area contributed by atoms with Gasteiger partial charge < -0.3 is 19.9 Å². The minimum absolute atomic E-state index is 0.0411. The highest BCUT2D eigenvalue weighted by atomic mass is 32.2. The van der Waals surface area contributed by atoms with E-state index in [1.165, 1.54) is 36.4 Å². The highest BCUT2D eigenvalue weighted by molar-refractivity contribution is 7.91. The van der Waals surface area contributed by atoms with Crippen LogP contribution in [0.5, 0.6) is 5.75 Å². The Balaban J connectivity index is 1.84. The first kappa shape index (κ1) is 27.7. The molecule has 0 spiro atoms. The van der Waals surface area contributed by atoms with Crippen LogP contribution in [0.4, 0.5) is 11.4 Å². The monoisotopic (exact) mass is 564 g/mol. The molecule has 0 aliphatic carbocycles. The number of fused-ring (bicyclic) bond motifs is 1. The molecule has 0 saturated heterocycles. The zero-order valence-corrected chi connectivity index (χ0v) is 21.7. The van der Waals surface area contributed by atoms with Crippen LogP contribution in [-0.2, 0) is 19.3 Å². The molecule has 2 N–H and O–H groups in total. The summed E-state index contributed by atoms with van der Waals surface area (Å²) in [5, 5.41) is 24.6. The van der Waals surface area contributed by atoms with Crippen molar-refractivity contribution >= 4 is 49.8 Å². The van der Waals surface area contributed by atoms with Crippen LogP contribution in [0, 0.1) is 10.1 Å². The highest BCUT2D eigenvalue weighted by Gasteiger charge is 2.27. The molecule has 0 unspecified atom stereocenters. The fourth-order valence-electron chi connectivity index (χ4n) is 3.97. The fraction of sp³-hybridized carbons (Fsp3) is 0.0741. The van der Waals surface area contributed by atoms with Gasteiger partial charge in [0.05, 0.1) is 45.6 Å². The van der Waals surface area contributed by atoms with Crippen LogP contribution >= 0.6 is 0 Å². The van der Waals surface area contributed by atoms with Gasteiger partial charge in [0.2, 0.25) is 9.84 Å². The van der Waals surface area contributed by atoms with Gasteiger partial charge in [-0.15, -0.1) is 0 Å². The van der Waals surface area contributed by atoms with E-state index in [0.29, 0.717) is 0 Å². The number of nitro benzene ring substituents is 1. The highest BCUT2D eigenvalue weighted by Crippen LogP contribution is 2.37. The van der Waals surface area contributed by atoms with Crippen molar-refractivity contribution in [2.24, 2.45) is 0 Å². The van der Waals surface area contributed by atoms with Crippen LogP contribution in [-0.4, -0.2) is 50.5 Å². The molecule has 0 bridgehead atoms. The Morgan fingerprint density at radius 3 is 1.93 bits per heavy atom. The summed E-state index contributed by atoms with van der Waals surface area (Å²) < 4.78 is 36.6.